The fourth-order valence-corrected chi connectivity index (χ4v) is 2.65. The Balaban J connectivity index is 0.00000450. The molecule has 0 aliphatic carbocycles. The van der Waals surface area contributed by atoms with Crippen LogP contribution in [0.5, 0.6) is 0 Å². The number of halogens is 4. The number of rotatable bonds is 10. The highest BCUT2D eigenvalue weighted by molar-refractivity contribution is 14.0. The van der Waals surface area contributed by atoms with Crippen molar-refractivity contribution >= 4 is 29.9 Å². The molecule has 0 aliphatic heterocycles. The van der Waals surface area contributed by atoms with Crippen LogP contribution in [0.4, 0.5) is 13.2 Å². The molecule has 168 valence electrons. The molecule has 0 radical (unpaired) electrons. The Morgan fingerprint density at radius 1 is 1.20 bits per heavy atom. The summed E-state index contributed by atoms with van der Waals surface area (Å²) in [6, 6.07) is 7.20. The third-order valence-electron chi connectivity index (χ3n) is 3.95. The second-order valence-corrected chi connectivity index (χ2v) is 6.34. The summed E-state index contributed by atoms with van der Waals surface area (Å²) in [5.74, 6) is 1.59. The highest BCUT2D eigenvalue weighted by Gasteiger charge is 2.27. The van der Waals surface area contributed by atoms with Crippen molar-refractivity contribution in [2.45, 2.75) is 46.1 Å². The second-order valence-electron chi connectivity index (χ2n) is 6.34. The van der Waals surface area contributed by atoms with E-state index in [1.165, 1.54) is 0 Å². The van der Waals surface area contributed by atoms with Crippen molar-refractivity contribution in [2.75, 3.05) is 19.7 Å². The average molecular weight is 540 g/mol. The van der Waals surface area contributed by atoms with Crippen LogP contribution in [0.1, 0.15) is 30.8 Å². The van der Waals surface area contributed by atoms with Crippen LogP contribution in [0, 0.1) is 0 Å². The number of nitrogens with one attached hydrogen (secondary N) is 2. The van der Waals surface area contributed by atoms with Gasteiger partial charge in [0, 0.05) is 26.1 Å². The van der Waals surface area contributed by atoms with Crippen LogP contribution >= 0.6 is 24.0 Å². The maximum atomic E-state index is 12.2. The molecule has 0 fully saturated rings. The summed E-state index contributed by atoms with van der Waals surface area (Å²) < 4.78 is 43.3. The number of benzene rings is 1. The van der Waals surface area contributed by atoms with Gasteiger partial charge in [0.05, 0.1) is 13.2 Å². The van der Waals surface area contributed by atoms with Crippen molar-refractivity contribution in [3.8, 4) is 0 Å². The van der Waals surface area contributed by atoms with Crippen molar-refractivity contribution in [2.24, 2.45) is 4.99 Å². The summed E-state index contributed by atoms with van der Waals surface area (Å²) in [5, 5.41) is 14.4. The van der Waals surface area contributed by atoms with Crippen LogP contribution in [0.15, 0.2) is 35.6 Å². The molecular formula is C19H28F3IN6O. The predicted octanol–water partition coefficient (Wildman–Crippen LogP) is 3.29. The zero-order valence-corrected chi connectivity index (χ0v) is 19.4. The molecule has 11 heteroatoms. The summed E-state index contributed by atoms with van der Waals surface area (Å²) >= 11 is 0. The largest absolute Gasteiger partial charge is 0.411 e. The van der Waals surface area contributed by atoms with Crippen molar-refractivity contribution in [3.05, 3.63) is 47.5 Å². The molecule has 2 N–H and O–H groups in total. The quantitative estimate of drug-likeness (QED) is 0.275. The standard InChI is InChI=1S/C19H27F3N6O.HI/c1-3-17-27-26-14-28(17)9-8-24-18(23-4-2)25-11-15-6-5-7-16(10-15)12-29-13-19(20,21)22;/h5-7,10,14H,3-4,8-9,11-13H2,1-2H3,(H2,23,24,25);1H. The summed E-state index contributed by atoms with van der Waals surface area (Å²) in [6.07, 6.45) is -1.80. The van der Waals surface area contributed by atoms with Gasteiger partial charge in [-0.2, -0.15) is 13.2 Å². The molecule has 0 saturated carbocycles. The fraction of sp³-hybridized carbons (Fsp3) is 0.526. The maximum absolute atomic E-state index is 12.2. The molecule has 7 nitrogen and oxygen atoms in total. The molecule has 0 aliphatic rings. The van der Waals surface area contributed by atoms with Crippen LogP contribution < -0.4 is 10.6 Å². The molecule has 1 aromatic carbocycles. The highest BCUT2D eigenvalue weighted by atomic mass is 127. The first-order valence-electron chi connectivity index (χ1n) is 9.52. The van der Waals surface area contributed by atoms with Gasteiger partial charge in [0.1, 0.15) is 18.8 Å². The van der Waals surface area contributed by atoms with E-state index in [2.05, 4.69) is 25.8 Å². The highest BCUT2D eigenvalue weighted by Crippen LogP contribution is 2.16. The first-order chi connectivity index (χ1) is 13.9. The van der Waals surface area contributed by atoms with Crippen molar-refractivity contribution in [3.63, 3.8) is 0 Å². The minimum Gasteiger partial charge on any atom is -0.367 e. The minimum absolute atomic E-state index is 0. The lowest BCUT2D eigenvalue weighted by Gasteiger charge is -2.12. The van der Waals surface area contributed by atoms with Crippen molar-refractivity contribution in [1.82, 2.24) is 25.4 Å². The zero-order valence-electron chi connectivity index (χ0n) is 17.1. The third-order valence-corrected chi connectivity index (χ3v) is 3.95. The molecule has 0 saturated heterocycles. The normalized spacial score (nSPS) is 11.8. The number of hydrogen-bond donors (Lipinski definition) is 2. The Kier molecular flexibility index (Phi) is 11.7. The van der Waals surface area contributed by atoms with Crippen LogP contribution in [-0.4, -0.2) is 46.6 Å². The number of guanidine groups is 1. The summed E-state index contributed by atoms with van der Waals surface area (Å²) in [4.78, 5) is 4.54. The Morgan fingerprint density at radius 2 is 1.97 bits per heavy atom. The van der Waals surface area contributed by atoms with Gasteiger partial charge < -0.3 is 19.9 Å². The Morgan fingerprint density at radius 3 is 2.67 bits per heavy atom. The van der Waals surface area contributed by atoms with Gasteiger partial charge in [-0.1, -0.05) is 31.2 Å². The van der Waals surface area contributed by atoms with Gasteiger partial charge >= 0.3 is 6.18 Å². The number of aliphatic imine (C=N–C) groups is 1. The van der Waals surface area contributed by atoms with Crippen LogP contribution in [0.3, 0.4) is 0 Å². The molecule has 0 amide bonds. The lowest BCUT2D eigenvalue weighted by molar-refractivity contribution is -0.176. The number of aromatic nitrogens is 3. The Hall–Kier alpha value is -1.89. The van der Waals surface area contributed by atoms with Gasteiger partial charge in [0.2, 0.25) is 0 Å². The summed E-state index contributed by atoms with van der Waals surface area (Å²) in [5.41, 5.74) is 1.57. The van der Waals surface area contributed by atoms with E-state index in [1.807, 2.05) is 24.5 Å². The molecule has 2 aromatic rings. The number of hydrogen-bond acceptors (Lipinski definition) is 4. The summed E-state index contributed by atoms with van der Waals surface area (Å²) in [7, 11) is 0. The second kappa shape index (κ2) is 13.4. The third kappa shape index (κ3) is 9.74. The summed E-state index contributed by atoms with van der Waals surface area (Å²) in [6.45, 7) is 5.14. The van der Waals surface area contributed by atoms with Crippen molar-refractivity contribution < 1.29 is 17.9 Å². The van der Waals surface area contributed by atoms with Crippen molar-refractivity contribution in [1.29, 1.82) is 0 Å². The maximum Gasteiger partial charge on any atom is 0.411 e. The Labute approximate surface area is 191 Å². The van der Waals surface area contributed by atoms with E-state index in [9.17, 15) is 13.2 Å². The van der Waals surface area contributed by atoms with Gasteiger partial charge in [-0.3, -0.25) is 0 Å². The van der Waals surface area contributed by atoms with Gasteiger partial charge in [-0.15, -0.1) is 34.2 Å². The SMILES string of the molecule is CCNC(=NCc1cccc(COCC(F)(F)F)c1)NCCn1cnnc1CC.I. The molecule has 0 bridgehead atoms. The monoisotopic (exact) mass is 540 g/mol. The van der Waals surface area contributed by atoms with E-state index < -0.39 is 12.8 Å². The molecule has 1 aromatic heterocycles. The molecule has 30 heavy (non-hydrogen) atoms. The van der Waals surface area contributed by atoms with Crippen LogP contribution in [0.25, 0.3) is 0 Å². The predicted molar refractivity (Wildman–Crippen MR) is 120 cm³/mol. The van der Waals surface area contributed by atoms with Gasteiger partial charge in [0.25, 0.3) is 0 Å². The fourth-order valence-electron chi connectivity index (χ4n) is 2.65. The number of alkyl halides is 3. The number of nitrogens with zero attached hydrogens (tertiary/aromatic N) is 4. The van der Waals surface area contributed by atoms with E-state index in [1.54, 1.807) is 24.5 Å². The topological polar surface area (TPSA) is 76.4 Å². The van der Waals surface area contributed by atoms with Crippen LogP contribution in [0.2, 0.25) is 0 Å². The zero-order chi connectivity index (χ0) is 21.1. The Bertz CT molecular complexity index is 782. The lowest BCUT2D eigenvalue weighted by atomic mass is 10.1. The lowest BCUT2D eigenvalue weighted by Crippen LogP contribution is -2.38. The molecule has 0 atom stereocenters. The van der Waals surface area contributed by atoms with Gasteiger partial charge in [-0.05, 0) is 18.1 Å². The average Bonchev–Trinajstić information content (AvgIpc) is 3.13. The number of aryl methyl sites for hydroxylation is 1. The van der Waals surface area contributed by atoms with E-state index in [-0.39, 0.29) is 30.6 Å². The number of ether oxygens (including phenoxy) is 1. The van der Waals surface area contributed by atoms with Gasteiger partial charge in [0.15, 0.2) is 5.96 Å². The molecular weight excluding hydrogens is 512 g/mol. The van der Waals surface area contributed by atoms with Gasteiger partial charge in [-0.25, -0.2) is 4.99 Å². The van der Waals surface area contributed by atoms with E-state index >= 15 is 0 Å². The van der Waals surface area contributed by atoms with E-state index in [0.717, 1.165) is 17.8 Å². The smallest absolute Gasteiger partial charge is 0.367 e. The van der Waals surface area contributed by atoms with E-state index in [4.69, 9.17) is 4.74 Å². The van der Waals surface area contributed by atoms with E-state index in [0.29, 0.717) is 37.7 Å². The molecule has 0 spiro atoms. The molecule has 1 heterocycles. The van der Waals surface area contributed by atoms with Crippen LogP contribution in [-0.2, 0) is 30.9 Å². The molecule has 0 unspecified atom stereocenters. The minimum atomic E-state index is -4.32. The first-order valence-corrected chi connectivity index (χ1v) is 9.52. The first kappa shape index (κ1) is 26.1. The molecule has 2 rings (SSSR count).